The molecule has 24 heavy (non-hydrogen) atoms. The van der Waals surface area contributed by atoms with Gasteiger partial charge in [0.15, 0.2) is 16.6 Å². The number of rotatable bonds is 5. The summed E-state index contributed by atoms with van der Waals surface area (Å²) < 4.78 is 11.8. The number of benzene rings is 2. The molecule has 0 aliphatic heterocycles. The SMILES string of the molecule is COc1cc(C(=O)NC(N)=S)cc(Br)c1OCc1cccc(C)c1. The van der Waals surface area contributed by atoms with Gasteiger partial charge in [0.2, 0.25) is 0 Å². The largest absolute Gasteiger partial charge is 0.493 e. The van der Waals surface area contributed by atoms with Gasteiger partial charge < -0.3 is 15.2 Å². The number of thiocarbonyl (C=S) groups is 1. The minimum Gasteiger partial charge on any atom is -0.493 e. The van der Waals surface area contributed by atoms with E-state index in [0.29, 0.717) is 28.1 Å². The van der Waals surface area contributed by atoms with Gasteiger partial charge in [-0.05, 0) is 52.8 Å². The number of nitrogens with one attached hydrogen (secondary N) is 1. The number of ether oxygens (including phenoxy) is 2. The summed E-state index contributed by atoms with van der Waals surface area (Å²) >= 11 is 8.09. The zero-order valence-electron chi connectivity index (χ0n) is 13.3. The number of hydrogen-bond acceptors (Lipinski definition) is 4. The summed E-state index contributed by atoms with van der Waals surface area (Å²) in [5, 5.41) is 2.29. The third-order valence-electron chi connectivity index (χ3n) is 3.19. The van der Waals surface area contributed by atoms with E-state index in [-0.39, 0.29) is 5.11 Å². The van der Waals surface area contributed by atoms with Crippen LogP contribution in [0.25, 0.3) is 0 Å². The molecular formula is C17H17BrN2O3S. The maximum absolute atomic E-state index is 12.0. The maximum Gasteiger partial charge on any atom is 0.257 e. The molecular weight excluding hydrogens is 392 g/mol. The molecule has 0 spiro atoms. The minimum absolute atomic E-state index is 0.0881. The summed E-state index contributed by atoms with van der Waals surface area (Å²) in [6.07, 6.45) is 0. The highest BCUT2D eigenvalue weighted by Crippen LogP contribution is 2.37. The Labute approximate surface area is 154 Å². The Balaban J connectivity index is 2.23. The molecule has 2 aromatic carbocycles. The second kappa shape index (κ2) is 8.12. The zero-order valence-corrected chi connectivity index (χ0v) is 15.7. The van der Waals surface area contributed by atoms with Gasteiger partial charge in [-0.2, -0.15) is 0 Å². The Kier molecular flexibility index (Phi) is 6.16. The Morgan fingerprint density at radius 3 is 2.71 bits per heavy atom. The predicted octanol–water partition coefficient (Wildman–Crippen LogP) is 3.32. The van der Waals surface area contributed by atoms with Gasteiger partial charge in [-0.25, -0.2) is 0 Å². The summed E-state index contributed by atoms with van der Waals surface area (Å²) in [6.45, 7) is 2.41. The molecule has 5 nitrogen and oxygen atoms in total. The Morgan fingerprint density at radius 2 is 2.08 bits per heavy atom. The molecule has 1 amide bonds. The van der Waals surface area contributed by atoms with Gasteiger partial charge in [-0.3, -0.25) is 10.1 Å². The van der Waals surface area contributed by atoms with Crippen molar-refractivity contribution in [1.82, 2.24) is 5.32 Å². The number of halogens is 1. The first-order valence-electron chi connectivity index (χ1n) is 7.07. The van der Waals surface area contributed by atoms with Crippen LogP contribution in [0.15, 0.2) is 40.9 Å². The monoisotopic (exact) mass is 408 g/mol. The highest BCUT2D eigenvalue weighted by Gasteiger charge is 2.16. The number of carbonyl (C=O) groups is 1. The Morgan fingerprint density at radius 1 is 1.33 bits per heavy atom. The topological polar surface area (TPSA) is 73.6 Å². The lowest BCUT2D eigenvalue weighted by Gasteiger charge is -2.14. The van der Waals surface area contributed by atoms with Crippen LogP contribution in [0.2, 0.25) is 0 Å². The van der Waals surface area contributed by atoms with Crippen molar-refractivity contribution in [3.05, 3.63) is 57.6 Å². The van der Waals surface area contributed by atoms with Crippen LogP contribution in [0.3, 0.4) is 0 Å². The fraction of sp³-hybridized carbons (Fsp3) is 0.176. The van der Waals surface area contributed by atoms with E-state index in [0.717, 1.165) is 11.1 Å². The van der Waals surface area contributed by atoms with Crippen LogP contribution in [0, 0.1) is 6.92 Å². The third-order valence-corrected chi connectivity index (χ3v) is 3.89. The molecule has 0 aliphatic rings. The lowest BCUT2D eigenvalue weighted by molar-refractivity contribution is 0.0977. The first-order valence-corrected chi connectivity index (χ1v) is 8.27. The third kappa shape index (κ3) is 4.69. The van der Waals surface area contributed by atoms with E-state index in [4.69, 9.17) is 15.2 Å². The number of amides is 1. The summed E-state index contributed by atoms with van der Waals surface area (Å²) in [7, 11) is 1.51. The second-order valence-electron chi connectivity index (χ2n) is 5.09. The second-order valence-corrected chi connectivity index (χ2v) is 6.38. The molecule has 0 aliphatic carbocycles. The van der Waals surface area contributed by atoms with Gasteiger partial charge in [0.1, 0.15) is 6.61 Å². The quantitative estimate of drug-likeness (QED) is 0.742. The molecule has 3 N–H and O–H groups in total. The molecule has 0 fully saturated rings. The first-order chi connectivity index (χ1) is 11.4. The summed E-state index contributed by atoms with van der Waals surface area (Å²) in [4.78, 5) is 12.0. The van der Waals surface area contributed by atoms with Gasteiger partial charge in [0.25, 0.3) is 5.91 Å². The number of aryl methyl sites for hydroxylation is 1. The lowest BCUT2D eigenvalue weighted by atomic mass is 10.1. The Hall–Kier alpha value is -2.12. The fourth-order valence-corrected chi connectivity index (χ4v) is 2.78. The molecule has 0 saturated heterocycles. The lowest BCUT2D eigenvalue weighted by Crippen LogP contribution is -2.34. The molecule has 126 valence electrons. The average molecular weight is 409 g/mol. The number of carbonyl (C=O) groups excluding carboxylic acids is 1. The van der Waals surface area contributed by atoms with E-state index < -0.39 is 5.91 Å². The first kappa shape index (κ1) is 18.2. The van der Waals surface area contributed by atoms with Gasteiger partial charge in [-0.1, -0.05) is 29.8 Å². The molecule has 0 atom stereocenters. The van der Waals surface area contributed by atoms with Crippen LogP contribution in [-0.2, 0) is 6.61 Å². The van der Waals surface area contributed by atoms with Crippen molar-refractivity contribution < 1.29 is 14.3 Å². The Bertz CT molecular complexity index is 780. The van der Waals surface area contributed by atoms with Crippen LogP contribution in [0.4, 0.5) is 0 Å². The van der Waals surface area contributed by atoms with Gasteiger partial charge in [-0.15, -0.1) is 0 Å². The van der Waals surface area contributed by atoms with E-state index in [1.165, 1.54) is 7.11 Å². The van der Waals surface area contributed by atoms with E-state index in [2.05, 4.69) is 33.5 Å². The van der Waals surface area contributed by atoms with Crippen molar-refractivity contribution in [2.45, 2.75) is 13.5 Å². The highest BCUT2D eigenvalue weighted by atomic mass is 79.9. The van der Waals surface area contributed by atoms with Crippen molar-refractivity contribution in [2.24, 2.45) is 5.73 Å². The number of methoxy groups -OCH3 is 1. The van der Waals surface area contributed by atoms with Crippen molar-refractivity contribution in [1.29, 1.82) is 0 Å². The summed E-state index contributed by atoms with van der Waals surface area (Å²) in [6, 6.07) is 11.2. The molecule has 0 aromatic heterocycles. The van der Waals surface area contributed by atoms with Crippen LogP contribution in [0.1, 0.15) is 21.5 Å². The van der Waals surface area contributed by atoms with Gasteiger partial charge in [0.05, 0.1) is 11.6 Å². The minimum atomic E-state index is -0.410. The van der Waals surface area contributed by atoms with E-state index in [1.54, 1.807) is 12.1 Å². The van der Waals surface area contributed by atoms with Gasteiger partial charge in [0, 0.05) is 5.56 Å². The molecule has 2 rings (SSSR count). The van der Waals surface area contributed by atoms with Crippen LogP contribution >= 0.6 is 28.1 Å². The van der Waals surface area contributed by atoms with Crippen molar-refractivity contribution in [3.8, 4) is 11.5 Å². The molecule has 0 radical (unpaired) electrons. The number of nitrogens with two attached hydrogens (primary N) is 1. The van der Waals surface area contributed by atoms with E-state index >= 15 is 0 Å². The number of hydrogen-bond donors (Lipinski definition) is 2. The normalized spacial score (nSPS) is 10.1. The fourth-order valence-electron chi connectivity index (χ4n) is 2.13. The average Bonchev–Trinajstić information content (AvgIpc) is 2.52. The van der Waals surface area contributed by atoms with Crippen molar-refractivity contribution in [3.63, 3.8) is 0 Å². The molecule has 0 bridgehead atoms. The van der Waals surface area contributed by atoms with Crippen LogP contribution in [0.5, 0.6) is 11.5 Å². The smallest absolute Gasteiger partial charge is 0.257 e. The zero-order chi connectivity index (χ0) is 17.7. The van der Waals surface area contributed by atoms with Crippen molar-refractivity contribution in [2.75, 3.05) is 7.11 Å². The standard InChI is InChI=1S/C17H17BrN2O3S/c1-10-4-3-5-11(6-10)9-23-15-13(18)7-12(8-14(15)22-2)16(21)20-17(19)24/h3-8H,9H2,1-2H3,(H3,19,20,21,24). The molecule has 0 unspecified atom stereocenters. The molecule has 0 heterocycles. The summed E-state index contributed by atoms with van der Waals surface area (Å²) in [5.74, 6) is 0.544. The van der Waals surface area contributed by atoms with Gasteiger partial charge >= 0.3 is 0 Å². The van der Waals surface area contributed by atoms with Crippen LogP contribution in [-0.4, -0.2) is 18.1 Å². The molecule has 7 heteroatoms. The van der Waals surface area contributed by atoms with E-state index in [1.807, 2.05) is 31.2 Å². The summed E-state index contributed by atoms with van der Waals surface area (Å²) in [5.41, 5.74) is 7.88. The van der Waals surface area contributed by atoms with Crippen LogP contribution < -0.4 is 20.5 Å². The highest BCUT2D eigenvalue weighted by molar-refractivity contribution is 9.10. The van der Waals surface area contributed by atoms with E-state index in [9.17, 15) is 4.79 Å². The molecule has 0 saturated carbocycles. The predicted molar refractivity (Wildman–Crippen MR) is 100 cm³/mol. The maximum atomic E-state index is 12.0. The molecule has 2 aromatic rings. The van der Waals surface area contributed by atoms with Crippen molar-refractivity contribution >= 4 is 39.2 Å².